The van der Waals surface area contributed by atoms with E-state index in [-0.39, 0.29) is 6.10 Å². The summed E-state index contributed by atoms with van der Waals surface area (Å²) in [6.07, 6.45) is 7.28. The van der Waals surface area contributed by atoms with Gasteiger partial charge in [-0.1, -0.05) is 0 Å². The molecule has 3 nitrogen and oxygen atoms in total. The van der Waals surface area contributed by atoms with Crippen molar-refractivity contribution in [1.82, 2.24) is 9.80 Å². The topological polar surface area (TPSA) is 26.7 Å². The van der Waals surface area contributed by atoms with Crippen LogP contribution in [0.5, 0.6) is 0 Å². The standard InChI is InChI=1S/C14H26N2O/c1-11-9-15-7-3-5-13(15)10-16(11)12-4-2-6-14(17)8-12/h11-14,17H,2-10H2,1H3. The normalized spacial score (nSPS) is 44.8. The molecule has 1 saturated carbocycles. The summed E-state index contributed by atoms with van der Waals surface area (Å²) in [6, 6.07) is 2.14. The zero-order chi connectivity index (χ0) is 11.8. The maximum Gasteiger partial charge on any atom is 0.0555 e. The Morgan fingerprint density at radius 3 is 2.65 bits per heavy atom. The summed E-state index contributed by atoms with van der Waals surface area (Å²) >= 11 is 0. The number of hydrogen-bond acceptors (Lipinski definition) is 3. The van der Waals surface area contributed by atoms with Crippen molar-refractivity contribution in [2.45, 2.75) is 69.7 Å². The summed E-state index contributed by atoms with van der Waals surface area (Å²) in [5.74, 6) is 0. The molecule has 0 aromatic heterocycles. The first-order chi connectivity index (χ1) is 8.24. The fourth-order valence-corrected chi connectivity index (χ4v) is 4.16. The zero-order valence-electron chi connectivity index (χ0n) is 11.0. The maximum atomic E-state index is 9.85. The molecule has 3 rings (SSSR count). The molecule has 1 N–H and O–H groups in total. The van der Waals surface area contributed by atoms with Crippen LogP contribution >= 0.6 is 0 Å². The third kappa shape index (κ3) is 2.38. The van der Waals surface area contributed by atoms with Gasteiger partial charge in [0.05, 0.1) is 6.10 Å². The predicted molar refractivity (Wildman–Crippen MR) is 69.0 cm³/mol. The van der Waals surface area contributed by atoms with E-state index in [2.05, 4.69) is 16.7 Å². The van der Waals surface area contributed by atoms with Gasteiger partial charge in [-0.3, -0.25) is 9.80 Å². The highest BCUT2D eigenvalue weighted by Gasteiger charge is 2.38. The van der Waals surface area contributed by atoms with Gasteiger partial charge in [0, 0.05) is 31.2 Å². The molecular formula is C14H26N2O. The fraction of sp³-hybridized carbons (Fsp3) is 1.00. The molecule has 98 valence electrons. The molecular weight excluding hydrogens is 212 g/mol. The van der Waals surface area contributed by atoms with Crippen molar-refractivity contribution >= 4 is 0 Å². The Morgan fingerprint density at radius 1 is 1.00 bits per heavy atom. The molecule has 1 aliphatic carbocycles. The van der Waals surface area contributed by atoms with Gasteiger partial charge in [-0.05, 0) is 52.0 Å². The largest absolute Gasteiger partial charge is 0.393 e. The molecule has 3 aliphatic rings. The monoisotopic (exact) mass is 238 g/mol. The van der Waals surface area contributed by atoms with Crippen LogP contribution in [-0.4, -0.2) is 58.8 Å². The molecule has 0 aromatic rings. The van der Waals surface area contributed by atoms with Crippen molar-refractivity contribution < 1.29 is 5.11 Å². The number of hydrogen-bond donors (Lipinski definition) is 1. The van der Waals surface area contributed by atoms with E-state index in [0.717, 1.165) is 18.9 Å². The van der Waals surface area contributed by atoms with E-state index >= 15 is 0 Å². The number of nitrogens with zero attached hydrogens (tertiary/aromatic N) is 2. The van der Waals surface area contributed by atoms with Crippen LogP contribution in [0.25, 0.3) is 0 Å². The van der Waals surface area contributed by atoms with Crippen LogP contribution in [0.2, 0.25) is 0 Å². The first-order valence-electron chi connectivity index (χ1n) is 7.42. The minimum atomic E-state index is -0.0393. The van der Waals surface area contributed by atoms with Crippen molar-refractivity contribution in [1.29, 1.82) is 0 Å². The number of aliphatic hydroxyl groups excluding tert-OH is 1. The zero-order valence-corrected chi connectivity index (χ0v) is 11.0. The van der Waals surface area contributed by atoms with E-state index in [9.17, 15) is 5.11 Å². The minimum absolute atomic E-state index is 0.0393. The number of piperazine rings is 1. The third-order valence-electron chi connectivity index (χ3n) is 5.07. The Bertz CT molecular complexity index is 271. The Morgan fingerprint density at radius 2 is 1.82 bits per heavy atom. The van der Waals surface area contributed by atoms with E-state index in [4.69, 9.17) is 0 Å². The van der Waals surface area contributed by atoms with Gasteiger partial charge in [-0.25, -0.2) is 0 Å². The van der Waals surface area contributed by atoms with Gasteiger partial charge in [0.25, 0.3) is 0 Å². The first-order valence-corrected chi connectivity index (χ1v) is 7.42. The fourth-order valence-electron chi connectivity index (χ4n) is 4.16. The summed E-state index contributed by atoms with van der Waals surface area (Å²) in [7, 11) is 0. The highest BCUT2D eigenvalue weighted by molar-refractivity contribution is 4.94. The average Bonchev–Trinajstić information content (AvgIpc) is 2.75. The van der Waals surface area contributed by atoms with Crippen molar-refractivity contribution in [3.8, 4) is 0 Å². The van der Waals surface area contributed by atoms with Crippen molar-refractivity contribution in [3.63, 3.8) is 0 Å². The van der Waals surface area contributed by atoms with Crippen LogP contribution < -0.4 is 0 Å². The van der Waals surface area contributed by atoms with Crippen molar-refractivity contribution in [3.05, 3.63) is 0 Å². The second-order valence-electron chi connectivity index (χ2n) is 6.31. The summed E-state index contributed by atoms with van der Waals surface area (Å²) in [5, 5.41) is 9.85. The van der Waals surface area contributed by atoms with Gasteiger partial charge in [0.1, 0.15) is 0 Å². The Balaban J connectivity index is 1.65. The van der Waals surface area contributed by atoms with E-state index < -0.39 is 0 Å². The lowest BCUT2D eigenvalue weighted by atomic mass is 9.90. The lowest BCUT2D eigenvalue weighted by molar-refractivity contribution is -0.00830. The molecule has 0 amide bonds. The van der Waals surface area contributed by atoms with Crippen LogP contribution in [-0.2, 0) is 0 Å². The molecule has 2 heterocycles. The Labute approximate surface area is 105 Å². The summed E-state index contributed by atoms with van der Waals surface area (Å²) in [6.45, 7) is 6.18. The quantitative estimate of drug-likeness (QED) is 0.749. The summed E-state index contributed by atoms with van der Waals surface area (Å²) in [5.41, 5.74) is 0. The van der Waals surface area contributed by atoms with Crippen molar-refractivity contribution in [2.75, 3.05) is 19.6 Å². The van der Waals surface area contributed by atoms with Gasteiger partial charge in [-0.15, -0.1) is 0 Å². The average molecular weight is 238 g/mol. The summed E-state index contributed by atoms with van der Waals surface area (Å²) < 4.78 is 0. The maximum absolute atomic E-state index is 9.85. The van der Waals surface area contributed by atoms with Crippen LogP contribution in [0.15, 0.2) is 0 Å². The molecule has 2 saturated heterocycles. The Kier molecular flexibility index (Phi) is 3.42. The lowest BCUT2D eigenvalue weighted by Crippen LogP contribution is -2.58. The van der Waals surface area contributed by atoms with Gasteiger partial charge in [0.15, 0.2) is 0 Å². The molecule has 0 spiro atoms. The molecule has 0 bridgehead atoms. The Hall–Kier alpha value is -0.120. The van der Waals surface area contributed by atoms with Gasteiger partial charge in [0.2, 0.25) is 0 Å². The highest BCUT2D eigenvalue weighted by atomic mass is 16.3. The predicted octanol–water partition coefficient (Wildman–Crippen LogP) is 1.46. The second kappa shape index (κ2) is 4.87. The van der Waals surface area contributed by atoms with Crippen LogP contribution in [0.1, 0.15) is 45.4 Å². The number of aliphatic hydroxyl groups is 1. The molecule has 3 fully saturated rings. The molecule has 4 atom stereocenters. The first kappa shape index (κ1) is 11.9. The van der Waals surface area contributed by atoms with Gasteiger partial charge in [-0.2, -0.15) is 0 Å². The number of fused-ring (bicyclic) bond motifs is 1. The van der Waals surface area contributed by atoms with Crippen LogP contribution in [0, 0.1) is 0 Å². The summed E-state index contributed by atoms with van der Waals surface area (Å²) in [4.78, 5) is 5.38. The van der Waals surface area contributed by atoms with Crippen LogP contribution in [0.3, 0.4) is 0 Å². The SMILES string of the molecule is CC1CN2CCCC2CN1C1CCCC(O)C1. The lowest BCUT2D eigenvalue weighted by Gasteiger charge is -2.47. The molecule has 0 radical (unpaired) electrons. The third-order valence-corrected chi connectivity index (χ3v) is 5.07. The molecule has 0 aromatic carbocycles. The highest BCUT2D eigenvalue weighted by Crippen LogP contribution is 2.30. The van der Waals surface area contributed by atoms with Gasteiger partial charge < -0.3 is 5.11 Å². The molecule has 17 heavy (non-hydrogen) atoms. The van der Waals surface area contributed by atoms with Crippen LogP contribution in [0.4, 0.5) is 0 Å². The van der Waals surface area contributed by atoms with Crippen molar-refractivity contribution in [2.24, 2.45) is 0 Å². The second-order valence-corrected chi connectivity index (χ2v) is 6.31. The molecule has 4 unspecified atom stereocenters. The van der Waals surface area contributed by atoms with E-state index in [1.54, 1.807) is 0 Å². The van der Waals surface area contributed by atoms with E-state index in [0.29, 0.717) is 12.1 Å². The van der Waals surface area contributed by atoms with Gasteiger partial charge >= 0.3 is 0 Å². The molecule has 3 heteroatoms. The minimum Gasteiger partial charge on any atom is -0.393 e. The number of rotatable bonds is 1. The van der Waals surface area contributed by atoms with E-state index in [1.807, 2.05) is 0 Å². The van der Waals surface area contributed by atoms with E-state index in [1.165, 1.54) is 45.3 Å². The smallest absolute Gasteiger partial charge is 0.0555 e. The molecule has 2 aliphatic heterocycles.